The molecule has 0 atom stereocenters. The zero-order valence-electron chi connectivity index (χ0n) is 15.6. The molecule has 2 rings (SSSR count). The molecule has 0 amide bonds. The molecule has 26 heavy (non-hydrogen) atoms. The molecule has 0 aliphatic carbocycles. The predicted molar refractivity (Wildman–Crippen MR) is 112 cm³/mol. The van der Waals surface area contributed by atoms with Gasteiger partial charge in [0, 0.05) is 17.1 Å². The van der Waals surface area contributed by atoms with E-state index in [1.165, 1.54) is 0 Å². The minimum absolute atomic E-state index is 0.285. The summed E-state index contributed by atoms with van der Waals surface area (Å²) in [6.07, 6.45) is 0. The van der Waals surface area contributed by atoms with Crippen LogP contribution in [0, 0.1) is 13.8 Å². The number of benzene rings is 2. The monoisotopic (exact) mass is 368 g/mol. The maximum absolute atomic E-state index is 12.5. The normalized spacial score (nSPS) is 11.4. The molecule has 0 spiro atoms. The van der Waals surface area contributed by atoms with Crippen molar-refractivity contribution < 1.29 is 9.53 Å². The van der Waals surface area contributed by atoms with E-state index in [2.05, 4.69) is 10.6 Å². The topological polar surface area (TPSA) is 50.4 Å². The lowest BCUT2D eigenvalue weighted by molar-refractivity contribution is -0.137. The molecule has 5 heteroatoms. The summed E-state index contributed by atoms with van der Waals surface area (Å²) in [7, 11) is 0. The first kappa shape index (κ1) is 19.7. The highest BCUT2D eigenvalue weighted by atomic mass is 32.1. The van der Waals surface area contributed by atoms with Crippen molar-refractivity contribution in [3.63, 3.8) is 0 Å². The minimum Gasteiger partial charge on any atom is -0.462 e. The summed E-state index contributed by atoms with van der Waals surface area (Å²) >= 11 is 5.50. The van der Waals surface area contributed by atoms with Crippen LogP contribution in [0.1, 0.15) is 25.0 Å². The lowest BCUT2D eigenvalue weighted by atomic mass is 10.1. The van der Waals surface area contributed by atoms with Gasteiger partial charge in [-0.15, -0.1) is 0 Å². The molecule has 0 aliphatic rings. The Hall–Kier alpha value is -2.66. The van der Waals surface area contributed by atoms with Crippen LogP contribution in [-0.2, 0) is 9.53 Å². The Balaban J connectivity index is 2.37. The van der Waals surface area contributed by atoms with Gasteiger partial charge in [-0.1, -0.05) is 48.6 Å². The number of carbonyl (C=O) groups excluding carboxylic acids is 1. The maximum atomic E-state index is 12.5. The van der Waals surface area contributed by atoms with E-state index in [1.54, 1.807) is 6.92 Å². The summed E-state index contributed by atoms with van der Waals surface area (Å²) < 4.78 is 5.22. The minimum atomic E-state index is -0.447. The molecule has 2 N–H and O–H groups in total. The highest BCUT2D eigenvalue weighted by molar-refractivity contribution is 7.81. The summed E-state index contributed by atoms with van der Waals surface area (Å²) in [5.41, 5.74) is 4.94. The van der Waals surface area contributed by atoms with Gasteiger partial charge < -0.3 is 15.4 Å². The Labute approximate surface area is 160 Å². The SMILES string of the molecule is CCOC(=O)C(C(=S)Nc1ccccc1)=C(C)Nc1c(C)cccc1C. The number of thiocarbonyl (C=S) groups is 1. The second-order valence-electron chi connectivity index (χ2n) is 5.93. The smallest absolute Gasteiger partial charge is 0.342 e. The fourth-order valence-electron chi connectivity index (χ4n) is 2.60. The van der Waals surface area contributed by atoms with Gasteiger partial charge in [0.2, 0.25) is 0 Å². The van der Waals surface area contributed by atoms with Gasteiger partial charge in [-0.3, -0.25) is 0 Å². The fraction of sp³-hybridized carbons (Fsp3) is 0.238. The number of nitrogens with one attached hydrogen (secondary N) is 2. The van der Waals surface area contributed by atoms with E-state index in [0.717, 1.165) is 22.5 Å². The molecule has 0 bridgehead atoms. The van der Waals surface area contributed by atoms with Crippen LogP contribution in [-0.4, -0.2) is 17.6 Å². The second kappa shape index (κ2) is 9.15. The largest absolute Gasteiger partial charge is 0.462 e. The summed E-state index contributed by atoms with van der Waals surface area (Å²) in [6, 6.07) is 15.6. The van der Waals surface area contributed by atoms with Crippen LogP contribution in [0.4, 0.5) is 11.4 Å². The van der Waals surface area contributed by atoms with Crippen molar-refractivity contribution in [1.82, 2.24) is 0 Å². The zero-order valence-corrected chi connectivity index (χ0v) is 16.4. The Kier molecular flexibility index (Phi) is 6.92. The number of anilines is 2. The van der Waals surface area contributed by atoms with Crippen molar-refractivity contribution in [2.24, 2.45) is 0 Å². The number of aryl methyl sites for hydroxylation is 2. The van der Waals surface area contributed by atoms with Gasteiger partial charge in [-0.25, -0.2) is 4.79 Å². The quantitative estimate of drug-likeness (QED) is 0.427. The molecule has 0 aromatic heterocycles. The van der Waals surface area contributed by atoms with Crippen LogP contribution in [0.2, 0.25) is 0 Å². The molecule has 0 saturated heterocycles. The number of rotatable bonds is 6. The van der Waals surface area contributed by atoms with Crippen molar-refractivity contribution in [1.29, 1.82) is 0 Å². The van der Waals surface area contributed by atoms with E-state index in [-0.39, 0.29) is 6.61 Å². The molecule has 2 aromatic rings. The molecule has 0 fully saturated rings. The van der Waals surface area contributed by atoms with Crippen LogP contribution in [0.25, 0.3) is 0 Å². The Morgan fingerprint density at radius 3 is 2.19 bits per heavy atom. The van der Waals surface area contributed by atoms with Crippen LogP contribution in [0.5, 0.6) is 0 Å². The lowest BCUT2D eigenvalue weighted by Gasteiger charge is -2.18. The van der Waals surface area contributed by atoms with Crippen molar-refractivity contribution in [2.75, 3.05) is 17.2 Å². The van der Waals surface area contributed by atoms with Gasteiger partial charge >= 0.3 is 5.97 Å². The maximum Gasteiger partial charge on any atom is 0.342 e. The highest BCUT2D eigenvalue weighted by Gasteiger charge is 2.20. The Bertz CT molecular complexity index is 809. The molecule has 0 radical (unpaired) electrons. The second-order valence-corrected chi connectivity index (χ2v) is 6.34. The van der Waals surface area contributed by atoms with Crippen LogP contribution in [0.3, 0.4) is 0 Å². The predicted octanol–water partition coefficient (Wildman–Crippen LogP) is 4.99. The summed E-state index contributed by atoms with van der Waals surface area (Å²) in [5, 5.41) is 6.45. The van der Waals surface area contributed by atoms with Gasteiger partial charge in [-0.05, 0) is 51.0 Å². The first-order valence-electron chi connectivity index (χ1n) is 8.51. The van der Waals surface area contributed by atoms with Crippen molar-refractivity contribution >= 4 is 34.6 Å². The van der Waals surface area contributed by atoms with Gasteiger partial charge in [-0.2, -0.15) is 0 Å². The Morgan fingerprint density at radius 2 is 1.62 bits per heavy atom. The number of ether oxygens (including phenoxy) is 1. The summed E-state index contributed by atoms with van der Waals surface area (Å²) in [4.78, 5) is 12.9. The number of hydrogen-bond donors (Lipinski definition) is 2. The van der Waals surface area contributed by atoms with Gasteiger partial charge in [0.05, 0.1) is 6.61 Å². The highest BCUT2D eigenvalue weighted by Crippen LogP contribution is 2.23. The average Bonchev–Trinajstić information content (AvgIpc) is 2.59. The van der Waals surface area contributed by atoms with Crippen LogP contribution in [0.15, 0.2) is 59.8 Å². The lowest BCUT2D eigenvalue weighted by Crippen LogP contribution is -2.24. The molecule has 0 saturated carbocycles. The number of para-hydroxylation sites is 2. The molecular weight excluding hydrogens is 344 g/mol. The average molecular weight is 369 g/mol. The van der Waals surface area contributed by atoms with Crippen molar-refractivity contribution in [3.05, 3.63) is 70.9 Å². The zero-order chi connectivity index (χ0) is 19.1. The molecule has 2 aromatic carbocycles. The molecule has 136 valence electrons. The first-order chi connectivity index (χ1) is 12.4. The fourth-order valence-corrected chi connectivity index (χ4v) is 2.95. The third kappa shape index (κ3) is 4.92. The van der Waals surface area contributed by atoms with E-state index in [1.807, 2.05) is 69.3 Å². The number of carbonyl (C=O) groups is 1. The van der Waals surface area contributed by atoms with E-state index in [4.69, 9.17) is 17.0 Å². The van der Waals surface area contributed by atoms with E-state index < -0.39 is 5.97 Å². The number of allylic oxidation sites excluding steroid dienone is 1. The van der Waals surface area contributed by atoms with Gasteiger partial charge in [0.15, 0.2) is 0 Å². The molecule has 0 heterocycles. The van der Waals surface area contributed by atoms with Crippen LogP contribution < -0.4 is 10.6 Å². The molecule has 0 aliphatic heterocycles. The Morgan fingerprint density at radius 1 is 1.00 bits per heavy atom. The number of esters is 1. The van der Waals surface area contributed by atoms with E-state index in [0.29, 0.717) is 16.3 Å². The standard InChI is InChI=1S/C21H24N2O2S/c1-5-25-21(24)18(20(26)23-17-12-7-6-8-13-17)16(4)22-19-14(2)10-9-11-15(19)3/h6-13,22H,5H2,1-4H3,(H,23,26). The first-order valence-corrected chi connectivity index (χ1v) is 8.92. The summed E-state index contributed by atoms with van der Waals surface area (Å²) in [6.45, 7) is 7.93. The van der Waals surface area contributed by atoms with Crippen LogP contribution >= 0.6 is 12.2 Å². The van der Waals surface area contributed by atoms with Gasteiger partial charge in [0.1, 0.15) is 10.6 Å². The van der Waals surface area contributed by atoms with E-state index >= 15 is 0 Å². The number of hydrogen-bond acceptors (Lipinski definition) is 4. The van der Waals surface area contributed by atoms with E-state index in [9.17, 15) is 4.79 Å². The van der Waals surface area contributed by atoms with Crippen molar-refractivity contribution in [2.45, 2.75) is 27.7 Å². The third-order valence-corrected chi connectivity index (χ3v) is 4.21. The molecular formula is C21H24N2O2S. The van der Waals surface area contributed by atoms with Crippen molar-refractivity contribution in [3.8, 4) is 0 Å². The van der Waals surface area contributed by atoms with Gasteiger partial charge in [0.25, 0.3) is 0 Å². The molecule has 0 unspecified atom stereocenters. The molecule has 4 nitrogen and oxygen atoms in total. The summed E-state index contributed by atoms with van der Waals surface area (Å²) in [5.74, 6) is -0.447. The third-order valence-electron chi connectivity index (χ3n) is 3.91.